The first-order chi connectivity index (χ1) is 10.3. The molecule has 0 aromatic heterocycles. The van der Waals surface area contributed by atoms with E-state index in [4.69, 9.17) is 4.74 Å². The van der Waals surface area contributed by atoms with Gasteiger partial charge in [0.1, 0.15) is 5.75 Å². The molecule has 0 saturated carbocycles. The molecule has 0 aliphatic carbocycles. The Kier molecular flexibility index (Phi) is 5.77. The maximum Gasteiger partial charge on any atom is 0.336 e. The fraction of sp³-hybridized carbons (Fsp3) is 0. The van der Waals surface area contributed by atoms with Crippen molar-refractivity contribution in [2.24, 2.45) is 0 Å². The molecule has 2 rings (SSSR count). The first-order valence-corrected chi connectivity index (χ1v) is 6.68. The van der Waals surface area contributed by atoms with Gasteiger partial charge in [0.15, 0.2) is 0 Å². The van der Waals surface area contributed by atoms with Crippen molar-refractivity contribution >= 4 is 12.0 Å². The summed E-state index contributed by atoms with van der Waals surface area (Å²) in [4.78, 5) is 11.8. The second-order valence-electron chi connectivity index (χ2n) is 4.25. The van der Waals surface area contributed by atoms with Crippen molar-refractivity contribution in [2.75, 3.05) is 0 Å². The summed E-state index contributed by atoms with van der Waals surface area (Å²) in [6.07, 6.45) is 3.15. The van der Waals surface area contributed by atoms with Crippen LogP contribution in [0.15, 0.2) is 91.0 Å². The van der Waals surface area contributed by atoms with Crippen LogP contribution in [0.1, 0.15) is 5.56 Å². The summed E-state index contributed by atoms with van der Waals surface area (Å²) in [6.45, 7) is 0. The van der Waals surface area contributed by atoms with Crippen LogP contribution in [0.2, 0.25) is 0 Å². The lowest BCUT2D eigenvalue weighted by molar-refractivity contribution is -0.128. The molecular weight excluding hydrogens is 260 g/mol. The molecule has 0 spiro atoms. The number of benzene rings is 1. The molecule has 104 valence electrons. The molecule has 0 heterocycles. The highest BCUT2D eigenvalue weighted by molar-refractivity contribution is 5.88. The number of esters is 1. The van der Waals surface area contributed by atoms with Gasteiger partial charge < -0.3 is 4.74 Å². The fourth-order valence-electron chi connectivity index (χ4n) is 1.62. The van der Waals surface area contributed by atoms with Crippen molar-refractivity contribution in [3.8, 4) is 5.75 Å². The van der Waals surface area contributed by atoms with Crippen molar-refractivity contribution in [1.82, 2.24) is 0 Å². The van der Waals surface area contributed by atoms with Crippen LogP contribution in [0.3, 0.4) is 0 Å². The molecule has 2 aromatic rings. The van der Waals surface area contributed by atoms with Crippen LogP contribution in [0.4, 0.5) is 0 Å². The van der Waals surface area contributed by atoms with Crippen LogP contribution < -0.4 is 4.74 Å². The normalized spacial score (nSPS) is 9.90. The second kappa shape index (κ2) is 8.33. The predicted molar refractivity (Wildman–Crippen MR) is 85.2 cm³/mol. The molecule has 0 aliphatic rings. The zero-order valence-corrected chi connectivity index (χ0v) is 11.6. The van der Waals surface area contributed by atoms with Gasteiger partial charge in [0, 0.05) is 6.08 Å². The number of carbonyl (C=O) groups excluding carboxylic acids is 1. The van der Waals surface area contributed by atoms with Gasteiger partial charge in [-0.05, 0) is 23.8 Å². The standard InChI is InChI=1S/C19H16O2/c20-19(16-15-17-11-7-6-8-12-17)21-18-13-9-4-2-1-3-5-10-14-18/h1-16H/b2-1?,3-1?,4-2?,5-3?,9-4?,10-5?,13-9?,14-10?,16-15+,18-13?,18-14?. The molecule has 0 unspecified atom stereocenters. The van der Waals surface area contributed by atoms with Crippen LogP contribution in [0, 0.1) is 0 Å². The van der Waals surface area contributed by atoms with Gasteiger partial charge in [-0.15, -0.1) is 0 Å². The summed E-state index contributed by atoms with van der Waals surface area (Å²) >= 11 is 0. The maximum atomic E-state index is 11.8. The first-order valence-electron chi connectivity index (χ1n) is 6.68. The van der Waals surface area contributed by atoms with Gasteiger partial charge in [-0.2, -0.15) is 0 Å². The summed E-state index contributed by atoms with van der Waals surface area (Å²) in [5, 5.41) is 0. The Morgan fingerprint density at radius 3 is 1.81 bits per heavy atom. The van der Waals surface area contributed by atoms with Gasteiger partial charge in [0.25, 0.3) is 0 Å². The Labute approximate surface area is 124 Å². The Bertz CT molecular complexity index is 634. The Balaban J connectivity index is 2.08. The van der Waals surface area contributed by atoms with Gasteiger partial charge in [-0.1, -0.05) is 72.8 Å². The van der Waals surface area contributed by atoms with Gasteiger partial charge in [0.05, 0.1) is 0 Å². The molecule has 0 saturated heterocycles. The molecule has 0 aliphatic heterocycles. The highest BCUT2D eigenvalue weighted by Gasteiger charge is 1.97. The van der Waals surface area contributed by atoms with E-state index in [0.29, 0.717) is 5.75 Å². The summed E-state index contributed by atoms with van der Waals surface area (Å²) in [5.74, 6) is 0.0913. The van der Waals surface area contributed by atoms with Crippen molar-refractivity contribution < 1.29 is 9.53 Å². The van der Waals surface area contributed by atoms with E-state index in [0.717, 1.165) is 5.56 Å². The Hall–Kier alpha value is -2.87. The molecule has 2 heteroatoms. The van der Waals surface area contributed by atoms with Crippen LogP contribution in [-0.2, 0) is 4.79 Å². The average Bonchev–Trinajstić information content (AvgIpc) is 2.52. The molecule has 0 bridgehead atoms. The van der Waals surface area contributed by atoms with Gasteiger partial charge in [0.2, 0.25) is 0 Å². The van der Waals surface area contributed by atoms with Crippen LogP contribution in [-0.4, -0.2) is 5.97 Å². The minimum Gasteiger partial charge on any atom is -0.423 e. The van der Waals surface area contributed by atoms with E-state index in [-0.39, 0.29) is 0 Å². The van der Waals surface area contributed by atoms with Crippen LogP contribution in [0.5, 0.6) is 5.75 Å². The van der Waals surface area contributed by atoms with E-state index >= 15 is 0 Å². The molecular formula is C19H16O2. The molecule has 0 fully saturated rings. The summed E-state index contributed by atoms with van der Waals surface area (Å²) < 4.78 is 5.28. The van der Waals surface area contributed by atoms with E-state index in [1.807, 2.05) is 72.8 Å². The van der Waals surface area contributed by atoms with E-state index in [1.165, 1.54) is 6.08 Å². The number of hydrogen-bond donors (Lipinski definition) is 0. The summed E-state index contributed by atoms with van der Waals surface area (Å²) in [6, 6.07) is 26.2. The minimum atomic E-state index is -0.403. The van der Waals surface area contributed by atoms with Crippen LogP contribution >= 0.6 is 0 Å². The van der Waals surface area contributed by atoms with E-state index in [9.17, 15) is 4.79 Å². The number of carbonyl (C=O) groups is 1. The lowest BCUT2D eigenvalue weighted by Gasteiger charge is -1.98. The topological polar surface area (TPSA) is 26.3 Å². The van der Waals surface area contributed by atoms with Gasteiger partial charge in [-0.25, -0.2) is 4.79 Å². The Morgan fingerprint density at radius 2 is 1.19 bits per heavy atom. The predicted octanol–water partition coefficient (Wildman–Crippen LogP) is 4.43. The highest BCUT2D eigenvalue weighted by Crippen LogP contribution is 2.07. The largest absolute Gasteiger partial charge is 0.423 e. The average molecular weight is 276 g/mol. The zero-order valence-electron chi connectivity index (χ0n) is 11.6. The van der Waals surface area contributed by atoms with Gasteiger partial charge >= 0.3 is 5.97 Å². The lowest BCUT2D eigenvalue weighted by atomic mass is 10.2. The van der Waals surface area contributed by atoms with E-state index in [2.05, 4.69) is 0 Å². The van der Waals surface area contributed by atoms with Crippen molar-refractivity contribution in [1.29, 1.82) is 0 Å². The van der Waals surface area contributed by atoms with Crippen molar-refractivity contribution in [2.45, 2.75) is 0 Å². The third-order valence-corrected chi connectivity index (χ3v) is 2.62. The molecule has 0 N–H and O–H groups in total. The second-order valence-corrected chi connectivity index (χ2v) is 4.25. The monoisotopic (exact) mass is 276 g/mol. The SMILES string of the molecule is O=C(/C=C/c1ccccc1)Oc1ccccccccc1. The number of rotatable bonds is 3. The summed E-state index contributed by atoms with van der Waals surface area (Å²) in [7, 11) is 0. The quantitative estimate of drug-likeness (QED) is 0.612. The molecule has 0 atom stereocenters. The lowest BCUT2D eigenvalue weighted by Crippen LogP contribution is -2.02. The smallest absolute Gasteiger partial charge is 0.336 e. The number of hydrogen-bond acceptors (Lipinski definition) is 2. The molecule has 0 amide bonds. The Morgan fingerprint density at radius 1 is 0.714 bits per heavy atom. The molecule has 2 nitrogen and oxygen atoms in total. The zero-order chi connectivity index (χ0) is 14.8. The fourth-order valence-corrected chi connectivity index (χ4v) is 1.62. The third-order valence-electron chi connectivity index (χ3n) is 2.62. The maximum absolute atomic E-state index is 11.8. The van der Waals surface area contributed by atoms with E-state index < -0.39 is 5.97 Å². The van der Waals surface area contributed by atoms with Crippen molar-refractivity contribution in [3.05, 3.63) is 96.6 Å². The van der Waals surface area contributed by atoms with Gasteiger partial charge in [-0.3, -0.25) is 0 Å². The minimum absolute atomic E-state index is 0.403. The molecule has 2 aromatic carbocycles. The third kappa shape index (κ3) is 5.74. The highest BCUT2D eigenvalue weighted by atomic mass is 16.5. The molecule has 0 radical (unpaired) electrons. The summed E-state index contributed by atoms with van der Waals surface area (Å²) in [5.41, 5.74) is 0.956. The molecule has 21 heavy (non-hydrogen) atoms. The number of ether oxygens (including phenoxy) is 1. The van der Waals surface area contributed by atoms with Crippen LogP contribution in [0.25, 0.3) is 6.08 Å². The van der Waals surface area contributed by atoms with E-state index in [1.54, 1.807) is 18.2 Å². The first kappa shape index (κ1) is 14.5. The van der Waals surface area contributed by atoms with Crippen molar-refractivity contribution in [3.63, 3.8) is 0 Å².